The normalized spacial score (nSPS) is 14.9. The van der Waals surface area contributed by atoms with Crippen LogP contribution in [-0.2, 0) is 10.0 Å². The monoisotopic (exact) mass is 502 g/mol. The summed E-state index contributed by atoms with van der Waals surface area (Å²) in [5.74, 6) is 0.511. The summed E-state index contributed by atoms with van der Waals surface area (Å²) in [5, 5.41) is 4.27. The standard InChI is InChI=1S/C27H30N6O2S/c1-31(2)36(34,35)24-12-10-20(11-13-24)25-9-4-6-21-19-28-27(30-26(21)25)29-22-7-5-8-23(18-22)33-16-14-32(3)15-17-33/h4-13,18-19H,14-17H2,1-3H3,(H,28,29,30). The number of piperazine rings is 1. The molecule has 0 atom stereocenters. The molecule has 5 rings (SSSR count). The van der Waals surface area contributed by atoms with E-state index in [0.717, 1.165) is 53.9 Å². The Morgan fingerprint density at radius 3 is 2.36 bits per heavy atom. The third-order valence-corrected chi connectivity index (χ3v) is 8.35. The number of rotatable bonds is 6. The molecule has 4 aromatic rings. The van der Waals surface area contributed by atoms with Gasteiger partial charge in [-0.3, -0.25) is 0 Å². The topological polar surface area (TPSA) is 81.7 Å². The molecule has 8 nitrogen and oxygen atoms in total. The van der Waals surface area contributed by atoms with Crippen molar-refractivity contribution in [3.8, 4) is 11.1 Å². The van der Waals surface area contributed by atoms with Crippen molar-refractivity contribution in [1.82, 2.24) is 19.2 Å². The van der Waals surface area contributed by atoms with Gasteiger partial charge < -0.3 is 15.1 Å². The summed E-state index contributed by atoms with van der Waals surface area (Å²) < 4.78 is 26.1. The van der Waals surface area contributed by atoms with Gasteiger partial charge in [-0.2, -0.15) is 0 Å². The number of likely N-dealkylation sites (N-methyl/N-ethyl adjacent to an activating group) is 1. The van der Waals surface area contributed by atoms with E-state index in [9.17, 15) is 8.42 Å². The maximum atomic E-state index is 12.4. The molecule has 0 amide bonds. The first-order valence-corrected chi connectivity index (χ1v) is 13.3. The molecule has 186 valence electrons. The van der Waals surface area contributed by atoms with E-state index in [1.54, 1.807) is 12.1 Å². The first-order valence-electron chi connectivity index (χ1n) is 11.9. The molecule has 0 spiro atoms. The number of benzene rings is 3. The molecule has 1 saturated heterocycles. The van der Waals surface area contributed by atoms with Gasteiger partial charge >= 0.3 is 0 Å². The van der Waals surface area contributed by atoms with Gasteiger partial charge in [0.2, 0.25) is 16.0 Å². The zero-order chi connectivity index (χ0) is 25.3. The van der Waals surface area contributed by atoms with Gasteiger partial charge in [0.15, 0.2) is 0 Å². The maximum absolute atomic E-state index is 12.4. The number of nitrogens with zero attached hydrogens (tertiary/aromatic N) is 5. The molecule has 1 aromatic heterocycles. The summed E-state index contributed by atoms with van der Waals surface area (Å²) in [6.07, 6.45) is 1.81. The van der Waals surface area contributed by atoms with Crippen LogP contribution >= 0.6 is 0 Å². The lowest BCUT2D eigenvalue weighted by molar-refractivity contribution is 0.313. The van der Waals surface area contributed by atoms with Crippen LogP contribution in [0.2, 0.25) is 0 Å². The van der Waals surface area contributed by atoms with Crippen molar-refractivity contribution < 1.29 is 8.42 Å². The second kappa shape index (κ2) is 9.85. The number of hydrogen-bond acceptors (Lipinski definition) is 7. The van der Waals surface area contributed by atoms with Crippen molar-refractivity contribution in [3.05, 3.63) is 72.9 Å². The number of fused-ring (bicyclic) bond motifs is 1. The van der Waals surface area contributed by atoms with Crippen molar-refractivity contribution in [1.29, 1.82) is 0 Å². The Labute approximate surface area is 212 Å². The molecule has 3 aromatic carbocycles. The highest BCUT2D eigenvalue weighted by molar-refractivity contribution is 7.89. The van der Waals surface area contributed by atoms with Crippen LogP contribution in [-0.4, -0.2) is 74.9 Å². The molecule has 0 radical (unpaired) electrons. The van der Waals surface area contributed by atoms with E-state index in [-0.39, 0.29) is 4.90 Å². The Hall–Kier alpha value is -3.53. The summed E-state index contributed by atoms with van der Waals surface area (Å²) in [7, 11) is 1.73. The molecule has 1 fully saturated rings. The summed E-state index contributed by atoms with van der Waals surface area (Å²) in [6.45, 7) is 4.11. The molecule has 0 saturated carbocycles. The van der Waals surface area contributed by atoms with Crippen LogP contribution < -0.4 is 10.2 Å². The van der Waals surface area contributed by atoms with Crippen LogP contribution in [0.15, 0.2) is 77.8 Å². The van der Waals surface area contributed by atoms with Crippen molar-refractivity contribution in [2.75, 3.05) is 57.5 Å². The van der Waals surface area contributed by atoms with Crippen molar-refractivity contribution >= 4 is 38.2 Å². The Morgan fingerprint density at radius 2 is 1.64 bits per heavy atom. The van der Waals surface area contributed by atoms with Crippen LogP contribution in [0, 0.1) is 0 Å². The summed E-state index contributed by atoms with van der Waals surface area (Å²) in [6, 6.07) is 21.2. The van der Waals surface area contributed by atoms with Gasteiger partial charge in [0.05, 0.1) is 10.4 Å². The molecule has 1 aliphatic heterocycles. The summed E-state index contributed by atoms with van der Waals surface area (Å²) in [4.78, 5) is 14.3. The smallest absolute Gasteiger partial charge is 0.242 e. The average molecular weight is 503 g/mol. The fraction of sp³-hybridized carbons (Fsp3) is 0.259. The van der Waals surface area contributed by atoms with Crippen molar-refractivity contribution in [2.24, 2.45) is 0 Å². The van der Waals surface area contributed by atoms with Gasteiger partial charge in [-0.05, 0) is 42.9 Å². The molecule has 1 N–H and O–H groups in total. The van der Waals surface area contributed by atoms with Crippen molar-refractivity contribution in [3.63, 3.8) is 0 Å². The second-order valence-corrected chi connectivity index (χ2v) is 11.4. The van der Waals surface area contributed by atoms with Gasteiger partial charge in [0.1, 0.15) is 0 Å². The van der Waals surface area contributed by atoms with Gasteiger partial charge in [-0.1, -0.05) is 36.4 Å². The molecular formula is C27H30N6O2S. The van der Waals surface area contributed by atoms with E-state index >= 15 is 0 Å². The number of anilines is 3. The highest BCUT2D eigenvalue weighted by Crippen LogP contribution is 2.30. The molecule has 9 heteroatoms. The number of hydrogen-bond donors (Lipinski definition) is 1. The predicted molar refractivity (Wildman–Crippen MR) is 145 cm³/mol. The number of sulfonamides is 1. The van der Waals surface area contributed by atoms with E-state index in [1.165, 1.54) is 24.1 Å². The van der Waals surface area contributed by atoms with Crippen LogP contribution in [0.5, 0.6) is 0 Å². The zero-order valence-electron chi connectivity index (χ0n) is 20.7. The van der Waals surface area contributed by atoms with Gasteiger partial charge in [0, 0.05) is 68.8 Å². The molecular weight excluding hydrogens is 472 g/mol. The lowest BCUT2D eigenvalue weighted by Gasteiger charge is -2.34. The zero-order valence-corrected chi connectivity index (χ0v) is 21.5. The lowest BCUT2D eigenvalue weighted by atomic mass is 10.0. The molecule has 0 unspecified atom stereocenters. The summed E-state index contributed by atoms with van der Waals surface area (Å²) >= 11 is 0. The molecule has 1 aliphatic rings. The van der Waals surface area contributed by atoms with Crippen LogP contribution in [0.25, 0.3) is 22.0 Å². The predicted octanol–water partition coefficient (Wildman–Crippen LogP) is 4.04. The first kappa shape index (κ1) is 24.2. The number of nitrogens with one attached hydrogen (secondary N) is 1. The maximum Gasteiger partial charge on any atom is 0.242 e. The van der Waals surface area contributed by atoms with Crippen LogP contribution in [0.4, 0.5) is 17.3 Å². The third-order valence-electron chi connectivity index (χ3n) is 6.53. The number of aromatic nitrogens is 2. The van der Waals surface area contributed by atoms with Crippen LogP contribution in [0.1, 0.15) is 0 Å². The highest BCUT2D eigenvalue weighted by Gasteiger charge is 2.18. The second-order valence-electron chi connectivity index (χ2n) is 9.21. The van der Waals surface area contributed by atoms with E-state index in [2.05, 4.69) is 39.3 Å². The molecule has 0 bridgehead atoms. The van der Waals surface area contributed by atoms with E-state index in [1.807, 2.05) is 48.7 Å². The van der Waals surface area contributed by atoms with E-state index in [4.69, 9.17) is 4.98 Å². The highest BCUT2D eigenvalue weighted by atomic mass is 32.2. The Balaban J connectivity index is 1.43. The van der Waals surface area contributed by atoms with Gasteiger partial charge in [-0.25, -0.2) is 22.7 Å². The Bertz CT molecular complexity index is 1480. The number of para-hydroxylation sites is 1. The SMILES string of the molecule is CN1CCN(c2cccc(Nc3ncc4cccc(-c5ccc(S(=O)(=O)N(C)C)cc5)c4n3)c2)CC1. The van der Waals surface area contributed by atoms with Gasteiger partial charge in [-0.15, -0.1) is 0 Å². The minimum absolute atomic E-state index is 0.258. The minimum atomic E-state index is -3.48. The average Bonchev–Trinajstić information content (AvgIpc) is 2.89. The van der Waals surface area contributed by atoms with Crippen LogP contribution in [0.3, 0.4) is 0 Å². The third kappa shape index (κ3) is 4.90. The van der Waals surface area contributed by atoms with Crippen molar-refractivity contribution in [2.45, 2.75) is 4.90 Å². The van der Waals surface area contributed by atoms with E-state index < -0.39 is 10.0 Å². The minimum Gasteiger partial charge on any atom is -0.369 e. The van der Waals surface area contributed by atoms with E-state index in [0.29, 0.717) is 5.95 Å². The molecule has 36 heavy (non-hydrogen) atoms. The Morgan fingerprint density at radius 1 is 0.917 bits per heavy atom. The fourth-order valence-electron chi connectivity index (χ4n) is 4.34. The lowest BCUT2D eigenvalue weighted by Crippen LogP contribution is -2.44. The molecule has 2 heterocycles. The first-order chi connectivity index (χ1) is 17.3. The Kier molecular flexibility index (Phi) is 6.61. The summed E-state index contributed by atoms with van der Waals surface area (Å²) in [5.41, 5.74) is 4.72. The largest absolute Gasteiger partial charge is 0.369 e. The van der Waals surface area contributed by atoms with Gasteiger partial charge in [0.25, 0.3) is 0 Å². The quantitative estimate of drug-likeness (QED) is 0.426. The molecule has 0 aliphatic carbocycles. The fourth-order valence-corrected chi connectivity index (χ4v) is 5.24.